The fourth-order valence-corrected chi connectivity index (χ4v) is 5.97. The number of nitrogens with one attached hydrogen (secondary N) is 1. The van der Waals surface area contributed by atoms with Crippen molar-refractivity contribution in [2.24, 2.45) is 5.92 Å². The van der Waals surface area contributed by atoms with E-state index in [1.807, 2.05) is 30.6 Å². The minimum absolute atomic E-state index is 0.0464. The van der Waals surface area contributed by atoms with Crippen LogP contribution in [0.5, 0.6) is 0 Å². The highest BCUT2D eigenvalue weighted by Crippen LogP contribution is 2.42. The fraction of sp³-hybridized carbons (Fsp3) is 0.333. The second-order valence-corrected chi connectivity index (χ2v) is 9.71. The molecule has 0 spiro atoms. The number of benzene rings is 2. The van der Waals surface area contributed by atoms with E-state index in [1.165, 1.54) is 16.7 Å². The fourth-order valence-electron chi connectivity index (χ4n) is 5.39. The maximum Gasteiger partial charge on any atom is 0.228 e. The van der Waals surface area contributed by atoms with Crippen LogP contribution < -0.4 is 5.32 Å². The van der Waals surface area contributed by atoms with Crippen molar-refractivity contribution in [3.8, 4) is 0 Å². The number of nitrogens with zero attached hydrogens (tertiary/aromatic N) is 2. The molecule has 3 aromatic rings. The first-order valence-corrected chi connectivity index (χ1v) is 12.2. The summed E-state index contributed by atoms with van der Waals surface area (Å²) in [5, 5.41) is 3.48. The molecule has 2 aliphatic heterocycles. The van der Waals surface area contributed by atoms with E-state index in [4.69, 9.17) is 0 Å². The van der Waals surface area contributed by atoms with Crippen molar-refractivity contribution in [3.63, 3.8) is 0 Å². The Morgan fingerprint density at radius 1 is 0.969 bits per heavy atom. The standard InChI is InChI=1S/C27H28BrN3O/c28-25-11-5-4-10-22(25)23-17-30-18-24(23)27(32)31-14-12-20(21-9-6-13-29-16-21)15-26(31)19-7-2-1-3-8-19/h1-11,13,16,20,23-24,26,30H,12,14-15,17-18H2/t20-,23-,24+,26+/m0/s1. The van der Waals surface area contributed by atoms with Gasteiger partial charge in [-0.15, -0.1) is 0 Å². The first kappa shape index (κ1) is 21.4. The second-order valence-electron chi connectivity index (χ2n) is 8.86. The number of piperidine rings is 1. The molecule has 2 saturated heterocycles. The van der Waals surface area contributed by atoms with E-state index < -0.39 is 0 Å². The van der Waals surface area contributed by atoms with Gasteiger partial charge in [0, 0.05) is 42.4 Å². The molecule has 2 aromatic carbocycles. The van der Waals surface area contributed by atoms with E-state index >= 15 is 0 Å². The van der Waals surface area contributed by atoms with Crippen molar-refractivity contribution in [2.45, 2.75) is 30.7 Å². The molecule has 5 rings (SSSR count). The van der Waals surface area contributed by atoms with Crippen LogP contribution >= 0.6 is 15.9 Å². The number of halogens is 1. The molecule has 4 nitrogen and oxygen atoms in total. The van der Waals surface area contributed by atoms with E-state index in [-0.39, 0.29) is 23.8 Å². The molecule has 5 heteroatoms. The zero-order valence-electron chi connectivity index (χ0n) is 18.0. The molecule has 2 aliphatic rings. The molecule has 0 aliphatic carbocycles. The molecule has 164 valence electrons. The number of hydrogen-bond donors (Lipinski definition) is 1. The van der Waals surface area contributed by atoms with Crippen LogP contribution in [0.25, 0.3) is 0 Å². The van der Waals surface area contributed by atoms with Crippen LogP contribution in [-0.2, 0) is 4.79 Å². The lowest BCUT2D eigenvalue weighted by atomic mass is 9.81. The first-order chi connectivity index (χ1) is 15.7. The summed E-state index contributed by atoms with van der Waals surface area (Å²) >= 11 is 3.70. The van der Waals surface area contributed by atoms with Crippen molar-refractivity contribution in [3.05, 3.63) is 100 Å². The predicted molar refractivity (Wildman–Crippen MR) is 130 cm³/mol. The molecule has 0 bridgehead atoms. The van der Waals surface area contributed by atoms with E-state index in [2.05, 4.69) is 79.7 Å². The van der Waals surface area contributed by atoms with Crippen molar-refractivity contribution < 1.29 is 4.79 Å². The van der Waals surface area contributed by atoms with Gasteiger partial charge in [0.25, 0.3) is 0 Å². The van der Waals surface area contributed by atoms with Crippen LogP contribution in [0.3, 0.4) is 0 Å². The Labute approximate surface area is 198 Å². The number of likely N-dealkylation sites (tertiary alicyclic amines) is 1. The second kappa shape index (κ2) is 9.55. The Balaban J connectivity index is 1.43. The minimum Gasteiger partial charge on any atom is -0.335 e. The highest BCUT2D eigenvalue weighted by Gasteiger charge is 2.41. The number of pyridine rings is 1. The number of hydrogen-bond acceptors (Lipinski definition) is 3. The van der Waals surface area contributed by atoms with Gasteiger partial charge in [0.1, 0.15) is 0 Å². The molecular weight excluding hydrogens is 462 g/mol. The smallest absolute Gasteiger partial charge is 0.228 e. The summed E-state index contributed by atoms with van der Waals surface area (Å²) in [5.74, 6) is 0.827. The number of aromatic nitrogens is 1. The molecule has 4 atom stereocenters. The predicted octanol–water partition coefficient (Wildman–Crippen LogP) is 5.29. The summed E-state index contributed by atoms with van der Waals surface area (Å²) in [7, 11) is 0. The van der Waals surface area contributed by atoms with Gasteiger partial charge >= 0.3 is 0 Å². The van der Waals surface area contributed by atoms with Gasteiger partial charge in [-0.05, 0) is 47.6 Å². The van der Waals surface area contributed by atoms with Gasteiger partial charge in [-0.3, -0.25) is 9.78 Å². The zero-order chi connectivity index (χ0) is 21.9. The van der Waals surface area contributed by atoms with Gasteiger partial charge in [-0.25, -0.2) is 0 Å². The Morgan fingerprint density at radius 2 is 1.75 bits per heavy atom. The highest BCUT2D eigenvalue weighted by molar-refractivity contribution is 9.10. The maximum absolute atomic E-state index is 14.0. The van der Waals surface area contributed by atoms with Crippen molar-refractivity contribution in [1.29, 1.82) is 0 Å². The normalized spacial score (nSPS) is 25.6. The number of carbonyl (C=O) groups excluding carboxylic acids is 1. The minimum atomic E-state index is -0.0464. The van der Waals surface area contributed by atoms with E-state index in [1.54, 1.807) is 0 Å². The first-order valence-electron chi connectivity index (χ1n) is 11.4. The molecule has 32 heavy (non-hydrogen) atoms. The molecule has 3 heterocycles. The van der Waals surface area contributed by atoms with Crippen LogP contribution in [0.1, 0.15) is 47.4 Å². The number of carbonyl (C=O) groups is 1. The molecule has 1 amide bonds. The summed E-state index contributed by atoms with van der Waals surface area (Å²) in [6, 6.07) is 23.1. The lowest BCUT2D eigenvalue weighted by Gasteiger charge is -2.41. The SMILES string of the molecule is O=C([C@@H]1CNC[C@H]1c1ccccc1Br)N1CC[C@H](c2cccnc2)C[C@@H]1c1ccccc1. The summed E-state index contributed by atoms with van der Waals surface area (Å²) in [6.07, 6.45) is 5.71. The highest BCUT2D eigenvalue weighted by atomic mass is 79.9. The number of amides is 1. The van der Waals surface area contributed by atoms with E-state index in [0.717, 1.165) is 36.9 Å². The van der Waals surface area contributed by atoms with Gasteiger partial charge in [-0.2, -0.15) is 0 Å². The van der Waals surface area contributed by atoms with Crippen molar-refractivity contribution >= 4 is 21.8 Å². The summed E-state index contributed by atoms with van der Waals surface area (Å²) < 4.78 is 1.08. The monoisotopic (exact) mass is 489 g/mol. The van der Waals surface area contributed by atoms with Gasteiger partial charge in [-0.1, -0.05) is 70.5 Å². The Kier molecular flexibility index (Phi) is 6.37. The van der Waals surface area contributed by atoms with Crippen molar-refractivity contribution in [1.82, 2.24) is 15.2 Å². The molecule has 1 aromatic heterocycles. The number of rotatable bonds is 4. The van der Waals surface area contributed by atoms with Gasteiger partial charge < -0.3 is 10.2 Å². The summed E-state index contributed by atoms with van der Waals surface area (Å²) in [6.45, 7) is 2.34. The van der Waals surface area contributed by atoms with Crippen LogP contribution in [0, 0.1) is 5.92 Å². The van der Waals surface area contributed by atoms with Crippen LogP contribution in [0.4, 0.5) is 0 Å². The third kappa shape index (κ3) is 4.24. The molecule has 2 fully saturated rings. The lowest BCUT2D eigenvalue weighted by molar-refractivity contribution is -0.139. The topological polar surface area (TPSA) is 45.2 Å². The Bertz CT molecular complexity index is 1060. The van der Waals surface area contributed by atoms with Crippen LogP contribution in [0.2, 0.25) is 0 Å². The van der Waals surface area contributed by atoms with E-state index in [0.29, 0.717) is 5.92 Å². The average Bonchev–Trinajstić information content (AvgIpc) is 3.34. The molecule has 0 radical (unpaired) electrons. The Morgan fingerprint density at radius 3 is 2.53 bits per heavy atom. The summed E-state index contributed by atoms with van der Waals surface area (Å²) in [4.78, 5) is 20.5. The van der Waals surface area contributed by atoms with Crippen molar-refractivity contribution in [2.75, 3.05) is 19.6 Å². The average molecular weight is 490 g/mol. The largest absolute Gasteiger partial charge is 0.335 e. The molecule has 0 unspecified atom stereocenters. The van der Waals surface area contributed by atoms with Crippen LogP contribution in [-0.4, -0.2) is 35.4 Å². The van der Waals surface area contributed by atoms with Gasteiger partial charge in [0.05, 0.1) is 12.0 Å². The molecular formula is C27H28BrN3O. The quantitative estimate of drug-likeness (QED) is 0.540. The third-order valence-electron chi connectivity index (χ3n) is 7.06. The van der Waals surface area contributed by atoms with E-state index in [9.17, 15) is 4.79 Å². The zero-order valence-corrected chi connectivity index (χ0v) is 19.6. The molecule has 1 N–H and O–H groups in total. The summed E-state index contributed by atoms with van der Waals surface area (Å²) in [5.41, 5.74) is 3.71. The maximum atomic E-state index is 14.0. The Hall–Kier alpha value is -2.50. The van der Waals surface area contributed by atoms with Gasteiger partial charge in [0.15, 0.2) is 0 Å². The molecule has 0 saturated carbocycles. The van der Waals surface area contributed by atoms with Gasteiger partial charge in [0.2, 0.25) is 5.91 Å². The third-order valence-corrected chi connectivity index (χ3v) is 7.78. The van der Waals surface area contributed by atoms with Crippen LogP contribution in [0.15, 0.2) is 83.6 Å². The lowest BCUT2D eigenvalue weighted by Crippen LogP contribution is -2.45.